The molecule has 2 aromatic rings. The van der Waals surface area contributed by atoms with E-state index in [-0.39, 0.29) is 0 Å². The standard InChI is InChI=1S/C24H32N2O3/c1-24(2,3)29-23(28)25-21(15-18-9-5-4-6-10-18)22(27)17-26-14-13-19-11-7-8-12-20(19)16-26/h4-12,21-22,27H,13-17H2,1-3H3,(H,25,28)/t21-,22+/m1/s1. The van der Waals surface area contributed by atoms with E-state index in [1.165, 1.54) is 11.1 Å². The number of alkyl carbamates (subject to hydrolysis) is 1. The van der Waals surface area contributed by atoms with Crippen LogP contribution in [0.1, 0.15) is 37.5 Å². The van der Waals surface area contributed by atoms with E-state index in [1.807, 2.05) is 51.1 Å². The summed E-state index contributed by atoms with van der Waals surface area (Å²) in [6.07, 6.45) is 0.326. The highest BCUT2D eigenvalue weighted by Crippen LogP contribution is 2.19. The number of amides is 1. The molecule has 0 unspecified atom stereocenters. The van der Waals surface area contributed by atoms with Crippen LogP contribution in [0.15, 0.2) is 54.6 Å². The lowest BCUT2D eigenvalue weighted by Gasteiger charge is -2.33. The average Bonchev–Trinajstić information content (AvgIpc) is 2.66. The lowest BCUT2D eigenvalue weighted by Crippen LogP contribution is -2.51. The Morgan fingerprint density at radius 2 is 1.76 bits per heavy atom. The maximum atomic E-state index is 12.4. The molecule has 1 heterocycles. The van der Waals surface area contributed by atoms with Crippen molar-refractivity contribution in [3.63, 3.8) is 0 Å². The molecule has 0 fully saturated rings. The van der Waals surface area contributed by atoms with Gasteiger partial charge in [-0.15, -0.1) is 0 Å². The molecule has 3 rings (SSSR count). The maximum Gasteiger partial charge on any atom is 0.407 e. The lowest BCUT2D eigenvalue weighted by molar-refractivity contribution is 0.0354. The predicted molar refractivity (Wildman–Crippen MR) is 115 cm³/mol. The van der Waals surface area contributed by atoms with Gasteiger partial charge in [0.15, 0.2) is 0 Å². The predicted octanol–water partition coefficient (Wildman–Crippen LogP) is 3.54. The van der Waals surface area contributed by atoms with Crippen LogP contribution in [-0.4, -0.2) is 46.9 Å². The van der Waals surface area contributed by atoms with Gasteiger partial charge >= 0.3 is 6.09 Å². The summed E-state index contributed by atoms with van der Waals surface area (Å²) in [7, 11) is 0. The number of ether oxygens (including phenoxy) is 1. The van der Waals surface area contributed by atoms with Crippen molar-refractivity contribution in [3.8, 4) is 0 Å². The minimum Gasteiger partial charge on any atom is -0.444 e. The second-order valence-electron chi connectivity index (χ2n) is 8.76. The third-order valence-electron chi connectivity index (χ3n) is 5.12. The lowest BCUT2D eigenvalue weighted by atomic mass is 9.97. The zero-order valence-electron chi connectivity index (χ0n) is 17.6. The zero-order chi connectivity index (χ0) is 20.9. The summed E-state index contributed by atoms with van der Waals surface area (Å²) in [5.74, 6) is 0. The molecule has 1 aliphatic rings. The first-order valence-corrected chi connectivity index (χ1v) is 10.3. The van der Waals surface area contributed by atoms with E-state index >= 15 is 0 Å². The Morgan fingerprint density at radius 3 is 2.45 bits per heavy atom. The van der Waals surface area contributed by atoms with Gasteiger partial charge in [-0.05, 0) is 50.3 Å². The molecule has 5 heteroatoms. The van der Waals surface area contributed by atoms with Crippen molar-refractivity contribution in [2.24, 2.45) is 0 Å². The Kier molecular flexibility index (Phi) is 6.93. The van der Waals surface area contributed by atoms with Crippen LogP contribution in [-0.2, 0) is 24.1 Å². The van der Waals surface area contributed by atoms with Gasteiger partial charge in [0.25, 0.3) is 0 Å². The summed E-state index contributed by atoms with van der Waals surface area (Å²) in [6.45, 7) is 7.72. The number of carbonyl (C=O) groups excluding carboxylic acids is 1. The summed E-state index contributed by atoms with van der Waals surface area (Å²) < 4.78 is 5.42. The zero-order valence-corrected chi connectivity index (χ0v) is 17.6. The quantitative estimate of drug-likeness (QED) is 0.784. The fourth-order valence-corrected chi connectivity index (χ4v) is 3.71. The van der Waals surface area contributed by atoms with Gasteiger partial charge in [0.2, 0.25) is 0 Å². The summed E-state index contributed by atoms with van der Waals surface area (Å²) in [6, 6.07) is 17.9. The SMILES string of the molecule is CC(C)(C)OC(=O)N[C@H](Cc1ccccc1)[C@@H](O)CN1CCc2ccccc2C1. The molecule has 0 aliphatic carbocycles. The first kappa shape index (κ1) is 21.3. The Morgan fingerprint density at radius 1 is 1.10 bits per heavy atom. The highest BCUT2D eigenvalue weighted by Gasteiger charge is 2.27. The molecule has 0 saturated heterocycles. The van der Waals surface area contributed by atoms with E-state index in [0.717, 1.165) is 25.1 Å². The van der Waals surface area contributed by atoms with Crippen molar-refractivity contribution in [2.45, 2.75) is 57.9 Å². The van der Waals surface area contributed by atoms with Crippen LogP contribution in [0.5, 0.6) is 0 Å². The Hall–Kier alpha value is -2.37. The first-order chi connectivity index (χ1) is 13.8. The van der Waals surface area contributed by atoms with Crippen LogP contribution in [0, 0.1) is 0 Å². The minimum atomic E-state index is -0.701. The van der Waals surface area contributed by atoms with E-state index in [9.17, 15) is 9.90 Å². The molecule has 1 amide bonds. The Bertz CT molecular complexity index is 801. The smallest absolute Gasteiger partial charge is 0.407 e. The number of nitrogens with one attached hydrogen (secondary N) is 1. The Labute approximate surface area is 173 Å². The van der Waals surface area contributed by atoms with Gasteiger partial charge in [-0.1, -0.05) is 54.6 Å². The average molecular weight is 397 g/mol. The number of hydrogen-bond acceptors (Lipinski definition) is 4. The fraction of sp³-hybridized carbons (Fsp3) is 0.458. The molecule has 5 nitrogen and oxygen atoms in total. The van der Waals surface area contributed by atoms with Crippen molar-refractivity contribution in [1.29, 1.82) is 0 Å². The van der Waals surface area contributed by atoms with E-state index in [1.54, 1.807) is 0 Å². The maximum absolute atomic E-state index is 12.4. The second kappa shape index (κ2) is 9.42. The van der Waals surface area contributed by atoms with Crippen LogP contribution in [0.4, 0.5) is 4.79 Å². The minimum absolute atomic E-state index is 0.426. The highest BCUT2D eigenvalue weighted by atomic mass is 16.6. The van der Waals surface area contributed by atoms with Crippen molar-refractivity contribution < 1.29 is 14.6 Å². The molecule has 2 atom stereocenters. The van der Waals surface area contributed by atoms with Crippen LogP contribution >= 0.6 is 0 Å². The van der Waals surface area contributed by atoms with Gasteiger partial charge in [0.05, 0.1) is 12.1 Å². The van der Waals surface area contributed by atoms with Gasteiger partial charge in [0, 0.05) is 19.6 Å². The number of carbonyl (C=O) groups is 1. The third-order valence-corrected chi connectivity index (χ3v) is 5.12. The summed E-state index contributed by atoms with van der Waals surface area (Å²) >= 11 is 0. The largest absolute Gasteiger partial charge is 0.444 e. The van der Waals surface area contributed by atoms with Crippen molar-refractivity contribution in [2.75, 3.05) is 13.1 Å². The first-order valence-electron chi connectivity index (χ1n) is 10.3. The summed E-state index contributed by atoms with van der Waals surface area (Å²) in [4.78, 5) is 14.6. The van der Waals surface area contributed by atoms with Gasteiger partial charge in [0.1, 0.15) is 5.60 Å². The molecule has 2 aromatic carbocycles. The molecule has 2 N–H and O–H groups in total. The number of fused-ring (bicyclic) bond motifs is 1. The normalized spacial score (nSPS) is 16.6. The molecule has 0 aromatic heterocycles. The van der Waals surface area contributed by atoms with Gasteiger partial charge < -0.3 is 15.2 Å². The molecule has 0 bridgehead atoms. The van der Waals surface area contributed by atoms with E-state index in [2.05, 4.69) is 34.5 Å². The number of β-amino-alcohol motifs (C(OH)–C–C–N with tert-alkyl or cyclic N) is 1. The Balaban J connectivity index is 1.66. The monoisotopic (exact) mass is 396 g/mol. The fourth-order valence-electron chi connectivity index (χ4n) is 3.71. The van der Waals surface area contributed by atoms with Crippen molar-refractivity contribution in [1.82, 2.24) is 10.2 Å². The molecule has 156 valence electrons. The molecular formula is C24H32N2O3. The number of aliphatic hydroxyl groups is 1. The van der Waals surface area contributed by atoms with E-state index < -0.39 is 23.8 Å². The van der Waals surface area contributed by atoms with Crippen molar-refractivity contribution >= 4 is 6.09 Å². The summed E-state index contributed by atoms with van der Waals surface area (Å²) in [5, 5.41) is 13.9. The van der Waals surface area contributed by atoms with Crippen LogP contribution < -0.4 is 5.32 Å². The topological polar surface area (TPSA) is 61.8 Å². The molecule has 0 spiro atoms. The number of hydrogen-bond donors (Lipinski definition) is 2. The number of rotatable bonds is 6. The van der Waals surface area contributed by atoms with Gasteiger partial charge in [-0.3, -0.25) is 4.90 Å². The highest BCUT2D eigenvalue weighted by molar-refractivity contribution is 5.68. The van der Waals surface area contributed by atoms with Crippen LogP contribution in [0.2, 0.25) is 0 Å². The van der Waals surface area contributed by atoms with Crippen molar-refractivity contribution in [3.05, 3.63) is 71.3 Å². The molecular weight excluding hydrogens is 364 g/mol. The van der Waals surface area contributed by atoms with E-state index in [4.69, 9.17) is 4.74 Å². The third kappa shape index (κ3) is 6.58. The number of aliphatic hydroxyl groups excluding tert-OH is 1. The molecule has 29 heavy (non-hydrogen) atoms. The second-order valence-corrected chi connectivity index (χ2v) is 8.76. The van der Waals surface area contributed by atoms with Crippen LogP contribution in [0.25, 0.3) is 0 Å². The van der Waals surface area contributed by atoms with E-state index in [0.29, 0.717) is 13.0 Å². The van der Waals surface area contributed by atoms with Gasteiger partial charge in [-0.25, -0.2) is 4.79 Å². The summed E-state index contributed by atoms with van der Waals surface area (Å²) in [5.41, 5.74) is 3.18. The van der Waals surface area contributed by atoms with Gasteiger partial charge in [-0.2, -0.15) is 0 Å². The number of nitrogens with zero attached hydrogens (tertiary/aromatic N) is 1. The number of benzene rings is 2. The molecule has 0 saturated carbocycles. The molecule has 1 aliphatic heterocycles. The molecule has 0 radical (unpaired) electrons. The van der Waals surface area contributed by atoms with Crippen LogP contribution in [0.3, 0.4) is 0 Å².